The summed E-state index contributed by atoms with van der Waals surface area (Å²) in [5.41, 5.74) is 3.61. The summed E-state index contributed by atoms with van der Waals surface area (Å²) in [5.74, 6) is 0.105. The van der Waals surface area contributed by atoms with Gasteiger partial charge in [0.1, 0.15) is 0 Å². The van der Waals surface area contributed by atoms with E-state index in [9.17, 15) is 4.79 Å². The van der Waals surface area contributed by atoms with E-state index in [-0.39, 0.29) is 11.9 Å². The summed E-state index contributed by atoms with van der Waals surface area (Å²) < 4.78 is 5.56. The number of benzene rings is 2. The molecular formula is C18H17N3O2S. The Hall–Kier alpha value is -2.60. The second-order valence-electron chi connectivity index (χ2n) is 5.47. The highest BCUT2D eigenvalue weighted by molar-refractivity contribution is 7.98. The third kappa shape index (κ3) is 3.65. The van der Waals surface area contributed by atoms with Crippen molar-refractivity contribution in [3.05, 3.63) is 59.2 Å². The highest BCUT2D eigenvalue weighted by Crippen LogP contribution is 2.23. The molecule has 122 valence electrons. The Morgan fingerprint density at radius 1 is 1.04 bits per heavy atom. The van der Waals surface area contributed by atoms with Crippen molar-refractivity contribution in [1.29, 1.82) is 0 Å². The Morgan fingerprint density at radius 3 is 2.33 bits per heavy atom. The minimum Gasteiger partial charge on any atom is -0.403 e. The highest BCUT2D eigenvalue weighted by Gasteiger charge is 2.13. The fourth-order valence-electron chi connectivity index (χ4n) is 2.40. The van der Waals surface area contributed by atoms with Gasteiger partial charge in [0.2, 0.25) is 5.89 Å². The lowest BCUT2D eigenvalue weighted by Crippen LogP contribution is -2.11. The van der Waals surface area contributed by atoms with Crippen molar-refractivity contribution in [3.63, 3.8) is 0 Å². The third-order valence-corrected chi connectivity index (χ3v) is 4.21. The first kappa shape index (κ1) is 16.3. The number of hydrogen-bond acceptors (Lipinski definition) is 5. The summed E-state index contributed by atoms with van der Waals surface area (Å²) >= 11 is 1.62. The minimum atomic E-state index is -0.279. The Kier molecular flexibility index (Phi) is 4.66. The Labute approximate surface area is 144 Å². The number of amides is 1. The van der Waals surface area contributed by atoms with E-state index in [0.717, 1.165) is 21.6 Å². The minimum absolute atomic E-state index is 0.0862. The summed E-state index contributed by atoms with van der Waals surface area (Å²) in [6.07, 6.45) is 1.99. The molecule has 0 atom stereocenters. The number of nitrogens with zero attached hydrogens (tertiary/aromatic N) is 2. The number of carbonyl (C=O) groups is 1. The fraction of sp³-hybridized carbons (Fsp3) is 0.167. The average molecular weight is 339 g/mol. The summed E-state index contributed by atoms with van der Waals surface area (Å²) in [6, 6.07) is 13.4. The van der Waals surface area contributed by atoms with Crippen molar-refractivity contribution in [1.82, 2.24) is 10.2 Å². The number of rotatable bonds is 4. The molecule has 1 aromatic heterocycles. The number of hydrogen-bond donors (Lipinski definition) is 1. The van der Waals surface area contributed by atoms with E-state index in [0.29, 0.717) is 11.5 Å². The van der Waals surface area contributed by atoms with Crippen LogP contribution in [0.25, 0.3) is 11.5 Å². The zero-order valence-corrected chi connectivity index (χ0v) is 14.5. The van der Waals surface area contributed by atoms with Crippen molar-refractivity contribution >= 4 is 23.7 Å². The quantitative estimate of drug-likeness (QED) is 0.717. The zero-order valence-electron chi connectivity index (χ0n) is 13.7. The lowest BCUT2D eigenvalue weighted by molar-refractivity contribution is 0.102. The van der Waals surface area contributed by atoms with Crippen molar-refractivity contribution in [3.8, 4) is 11.5 Å². The van der Waals surface area contributed by atoms with Crippen LogP contribution < -0.4 is 5.32 Å². The molecule has 2 aromatic carbocycles. The molecule has 6 heteroatoms. The van der Waals surface area contributed by atoms with E-state index in [1.807, 2.05) is 44.4 Å². The molecule has 3 aromatic rings. The van der Waals surface area contributed by atoms with Crippen LogP contribution in [-0.2, 0) is 0 Å². The standard InChI is InChI=1S/C18H17N3O2S/c1-11-8-12(2)10-14(9-11)17-20-21-18(23-17)19-16(22)13-4-6-15(24-3)7-5-13/h4-10H,1-3H3,(H,19,21,22). The predicted octanol–water partition coefficient (Wildman–Crippen LogP) is 4.33. The van der Waals surface area contributed by atoms with Gasteiger partial charge in [0, 0.05) is 16.0 Å². The number of carbonyl (C=O) groups excluding carboxylic acids is 1. The first-order valence-corrected chi connectivity index (χ1v) is 8.65. The first-order valence-electron chi connectivity index (χ1n) is 7.43. The van der Waals surface area contributed by atoms with E-state index in [1.165, 1.54) is 0 Å². The van der Waals surface area contributed by atoms with E-state index in [2.05, 4.69) is 21.6 Å². The maximum absolute atomic E-state index is 12.2. The molecule has 0 spiro atoms. The van der Waals surface area contributed by atoms with Gasteiger partial charge in [0.05, 0.1) is 0 Å². The van der Waals surface area contributed by atoms with Gasteiger partial charge in [-0.1, -0.05) is 22.3 Å². The summed E-state index contributed by atoms with van der Waals surface area (Å²) in [4.78, 5) is 13.3. The molecule has 0 aliphatic carbocycles. The van der Waals surface area contributed by atoms with Crippen molar-refractivity contribution in [2.24, 2.45) is 0 Å². The monoisotopic (exact) mass is 339 g/mol. The summed E-state index contributed by atoms with van der Waals surface area (Å²) in [6.45, 7) is 4.02. The molecule has 0 saturated heterocycles. The Bertz CT molecular complexity index is 852. The van der Waals surface area contributed by atoms with Crippen LogP contribution in [0.4, 0.5) is 6.01 Å². The number of thioether (sulfide) groups is 1. The molecule has 24 heavy (non-hydrogen) atoms. The van der Waals surface area contributed by atoms with Crippen LogP contribution in [0.2, 0.25) is 0 Å². The maximum Gasteiger partial charge on any atom is 0.322 e. The summed E-state index contributed by atoms with van der Waals surface area (Å²) in [7, 11) is 0. The van der Waals surface area contributed by atoms with Gasteiger partial charge in [-0.15, -0.1) is 16.9 Å². The topological polar surface area (TPSA) is 68.0 Å². The largest absolute Gasteiger partial charge is 0.403 e. The molecule has 0 saturated carbocycles. The van der Waals surface area contributed by atoms with Crippen LogP contribution in [-0.4, -0.2) is 22.4 Å². The molecule has 0 aliphatic heterocycles. The SMILES string of the molecule is CSc1ccc(C(=O)Nc2nnc(-c3cc(C)cc(C)c3)o2)cc1. The van der Waals surface area contributed by atoms with Gasteiger partial charge >= 0.3 is 6.01 Å². The molecule has 0 bridgehead atoms. The fourth-order valence-corrected chi connectivity index (χ4v) is 2.81. The van der Waals surface area contributed by atoms with Crippen LogP contribution in [0.5, 0.6) is 0 Å². The predicted molar refractivity (Wildman–Crippen MR) is 95.4 cm³/mol. The molecule has 1 heterocycles. The maximum atomic E-state index is 12.2. The molecule has 1 N–H and O–H groups in total. The van der Waals surface area contributed by atoms with E-state index in [1.54, 1.807) is 23.9 Å². The molecule has 5 nitrogen and oxygen atoms in total. The lowest BCUT2D eigenvalue weighted by atomic mass is 10.1. The number of aromatic nitrogens is 2. The van der Waals surface area contributed by atoms with E-state index in [4.69, 9.17) is 4.42 Å². The van der Waals surface area contributed by atoms with Crippen molar-refractivity contribution in [2.75, 3.05) is 11.6 Å². The molecule has 0 radical (unpaired) electrons. The second-order valence-corrected chi connectivity index (χ2v) is 6.35. The van der Waals surface area contributed by atoms with Crippen LogP contribution >= 0.6 is 11.8 Å². The molecule has 1 amide bonds. The van der Waals surface area contributed by atoms with Crippen LogP contribution in [0.3, 0.4) is 0 Å². The van der Waals surface area contributed by atoms with Gasteiger partial charge in [0.15, 0.2) is 0 Å². The normalized spacial score (nSPS) is 10.6. The van der Waals surface area contributed by atoms with Gasteiger partial charge in [-0.3, -0.25) is 10.1 Å². The molecule has 0 fully saturated rings. The van der Waals surface area contributed by atoms with E-state index < -0.39 is 0 Å². The highest BCUT2D eigenvalue weighted by atomic mass is 32.2. The van der Waals surface area contributed by atoms with Crippen LogP contribution in [0.15, 0.2) is 51.8 Å². The lowest BCUT2D eigenvalue weighted by Gasteiger charge is -2.02. The van der Waals surface area contributed by atoms with Gasteiger partial charge in [-0.2, -0.15) is 0 Å². The number of nitrogens with one attached hydrogen (secondary N) is 1. The number of aryl methyl sites for hydroxylation is 2. The Morgan fingerprint density at radius 2 is 1.71 bits per heavy atom. The van der Waals surface area contributed by atoms with Gasteiger partial charge in [0.25, 0.3) is 5.91 Å². The molecule has 3 rings (SSSR count). The van der Waals surface area contributed by atoms with Crippen LogP contribution in [0, 0.1) is 13.8 Å². The van der Waals surface area contributed by atoms with E-state index >= 15 is 0 Å². The smallest absolute Gasteiger partial charge is 0.322 e. The third-order valence-electron chi connectivity index (χ3n) is 3.47. The van der Waals surface area contributed by atoms with Gasteiger partial charge in [-0.05, 0) is 56.5 Å². The Balaban J connectivity index is 1.76. The zero-order chi connectivity index (χ0) is 17.1. The molecular weight excluding hydrogens is 322 g/mol. The van der Waals surface area contributed by atoms with Gasteiger partial charge in [-0.25, -0.2) is 0 Å². The number of anilines is 1. The van der Waals surface area contributed by atoms with Crippen molar-refractivity contribution < 1.29 is 9.21 Å². The summed E-state index contributed by atoms with van der Waals surface area (Å²) in [5, 5.41) is 10.5. The van der Waals surface area contributed by atoms with Crippen LogP contribution in [0.1, 0.15) is 21.5 Å². The molecule has 0 unspecified atom stereocenters. The van der Waals surface area contributed by atoms with Crippen molar-refractivity contribution in [2.45, 2.75) is 18.7 Å². The second kappa shape index (κ2) is 6.88. The van der Waals surface area contributed by atoms with Gasteiger partial charge < -0.3 is 4.42 Å². The first-order chi connectivity index (χ1) is 11.5. The average Bonchev–Trinajstić information content (AvgIpc) is 3.02. The molecule has 0 aliphatic rings.